The number of benzene rings is 3. The first kappa shape index (κ1) is 19.2. The van der Waals surface area contributed by atoms with E-state index in [-0.39, 0.29) is 5.56 Å². The van der Waals surface area contributed by atoms with Crippen molar-refractivity contribution in [2.75, 3.05) is 7.11 Å². The smallest absolute Gasteiger partial charge is 0.266 e. The van der Waals surface area contributed by atoms with Gasteiger partial charge < -0.3 is 4.74 Å². The summed E-state index contributed by atoms with van der Waals surface area (Å²) in [5, 5.41) is 1.62. The maximum atomic E-state index is 13.3. The fraction of sp³-hybridized carbons (Fsp3) is 0.0435. The summed E-state index contributed by atoms with van der Waals surface area (Å²) >= 11 is 12.3. The molecular weight excluding hydrogens is 407 g/mol. The molecule has 0 saturated carbocycles. The first-order valence-corrected chi connectivity index (χ1v) is 9.62. The van der Waals surface area contributed by atoms with Crippen LogP contribution in [-0.4, -0.2) is 16.7 Å². The average molecular weight is 423 g/mol. The van der Waals surface area contributed by atoms with Crippen molar-refractivity contribution in [3.8, 4) is 11.4 Å². The van der Waals surface area contributed by atoms with Crippen LogP contribution >= 0.6 is 23.2 Å². The molecule has 0 atom stereocenters. The number of nitrogens with zero attached hydrogens (tertiary/aromatic N) is 2. The van der Waals surface area contributed by atoms with E-state index < -0.39 is 0 Å². The molecule has 0 spiro atoms. The van der Waals surface area contributed by atoms with Crippen molar-refractivity contribution in [3.05, 3.63) is 98.5 Å². The number of fused-ring (bicyclic) bond motifs is 1. The zero-order chi connectivity index (χ0) is 20.4. The normalized spacial score (nSPS) is 11.3. The van der Waals surface area contributed by atoms with Gasteiger partial charge in [0.1, 0.15) is 11.6 Å². The molecule has 4 rings (SSSR count). The van der Waals surface area contributed by atoms with Crippen LogP contribution in [0, 0.1) is 0 Å². The largest absolute Gasteiger partial charge is 0.497 e. The Bertz CT molecular complexity index is 1300. The van der Waals surface area contributed by atoms with Gasteiger partial charge in [-0.1, -0.05) is 47.5 Å². The first-order valence-electron chi connectivity index (χ1n) is 8.86. The van der Waals surface area contributed by atoms with E-state index in [9.17, 15) is 4.79 Å². The topological polar surface area (TPSA) is 44.1 Å². The second-order valence-corrected chi connectivity index (χ2v) is 7.17. The highest BCUT2D eigenvalue weighted by molar-refractivity contribution is 6.35. The maximum Gasteiger partial charge on any atom is 0.266 e. The van der Waals surface area contributed by atoms with Gasteiger partial charge in [-0.25, -0.2) is 4.98 Å². The fourth-order valence-corrected chi connectivity index (χ4v) is 3.53. The van der Waals surface area contributed by atoms with E-state index >= 15 is 0 Å². The minimum Gasteiger partial charge on any atom is -0.497 e. The van der Waals surface area contributed by atoms with Crippen molar-refractivity contribution in [2.45, 2.75) is 0 Å². The molecule has 0 saturated heterocycles. The lowest BCUT2D eigenvalue weighted by Gasteiger charge is -2.12. The Morgan fingerprint density at radius 3 is 2.59 bits per heavy atom. The predicted octanol–water partition coefficient (Wildman–Crippen LogP) is 5.87. The van der Waals surface area contributed by atoms with Crippen LogP contribution in [0.1, 0.15) is 11.4 Å². The van der Waals surface area contributed by atoms with Gasteiger partial charge in [-0.05, 0) is 54.1 Å². The first-order chi connectivity index (χ1) is 14.1. The maximum absolute atomic E-state index is 13.3. The van der Waals surface area contributed by atoms with E-state index in [1.165, 1.54) is 0 Å². The third-order valence-corrected chi connectivity index (χ3v) is 5.05. The fourth-order valence-electron chi connectivity index (χ4n) is 3.06. The van der Waals surface area contributed by atoms with Crippen LogP contribution in [0.4, 0.5) is 0 Å². The Kier molecular flexibility index (Phi) is 5.38. The van der Waals surface area contributed by atoms with Crippen LogP contribution in [0.15, 0.2) is 71.5 Å². The molecule has 6 heteroatoms. The molecule has 29 heavy (non-hydrogen) atoms. The van der Waals surface area contributed by atoms with Gasteiger partial charge in [0.25, 0.3) is 5.56 Å². The van der Waals surface area contributed by atoms with Crippen molar-refractivity contribution in [3.63, 3.8) is 0 Å². The lowest BCUT2D eigenvalue weighted by Crippen LogP contribution is -2.22. The molecule has 0 aliphatic carbocycles. The number of ether oxygens (including phenoxy) is 1. The Balaban J connectivity index is 1.94. The van der Waals surface area contributed by atoms with E-state index in [1.54, 1.807) is 42.0 Å². The molecule has 4 aromatic rings. The van der Waals surface area contributed by atoms with Gasteiger partial charge in [0.05, 0.1) is 23.7 Å². The number of hydrogen-bond donors (Lipinski definition) is 0. The molecule has 3 aromatic carbocycles. The Morgan fingerprint density at radius 1 is 0.966 bits per heavy atom. The van der Waals surface area contributed by atoms with Crippen LogP contribution in [0.2, 0.25) is 10.0 Å². The third-order valence-electron chi connectivity index (χ3n) is 4.49. The van der Waals surface area contributed by atoms with Gasteiger partial charge in [0, 0.05) is 16.1 Å². The summed E-state index contributed by atoms with van der Waals surface area (Å²) in [5.41, 5.74) is 1.90. The summed E-state index contributed by atoms with van der Waals surface area (Å²) in [6.45, 7) is 0. The molecule has 0 unspecified atom stereocenters. The van der Waals surface area contributed by atoms with E-state index in [0.29, 0.717) is 38.2 Å². The molecule has 0 N–H and O–H groups in total. The monoisotopic (exact) mass is 422 g/mol. The molecular formula is C23H16Cl2N2O2. The molecule has 1 heterocycles. The van der Waals surface area contributed by atoms with Crippen LogP contribution in [0.3, 0.4) is 0 Å². The summed E-state index contributed by atoms with van der Waals surface area (Å²) < 4.78 is 6.88. The molecule has 0 aliphatic heterocycles. The Labute approximate surface area is 177 Å². The van der Waals surface area contributed by atoms with Gasteiger partial charge in [-0.15, -0.1) is 0 Å². The molecule has 4 nitrogen and oxygen atoms in total. The van der Waals surface area contributed by atoms with Crippen molar-refractivity contribution in [1.82, 2.24) is 9.55 Å². The van der Waals surface area contributed by atoms with E-state index in [4.69, 9.17) is 32.9 Å². The molecule has 0 bridgehead atoms. The highest BCUT2D eigenvalue weighted by atomic mass is 35.5. The SMILES string of the molecule is COc1cccc(-n2c(C=Cc3ccc(Cl)cc3Cl)nc3ccccc3c2=O)c1. The van der Waals surface area contributed by atoms with E-state index in [0.717, 1.165) is 5.56 Å². The number of aromatic nitrogens is 2. The average Bonchev–Trinajstić information content (AvgIpc) is 2.73. The lowest BCUT2D eigenvalue weighted by atomic mass is 10.2. The Morgan fingerprint density at radius 2 is 1.79 bits per heavy atom. The van der Waals surface area contributed by atoms with Gasteiger partial charge in [0.15, 0.2) is 0 Å². The van der Waals surface area contributed by atoms with Crippen molar-refractivity contribution in [1.29, 1.82) is 0 Å². The Hall–Kier alpha value is -3.08. The third kappa shape index (κ3) is 3.90. The van der Waals surface area contributed by atoms with Crippen LogP contribution in [-0.2, 0) is 0 Å². The molecule has 0 aliphatic rings. The zero-order valence-electron chi connectivity index (χ0n) is 15.5. The molecule has 1 aromatic heterocycles. The van der Waals surface area contributed by atoms with Gasteiger partial charge in [0.2, 0.25) is 0 Å². The minimum atomic E-state index is -0.161. The summed E-state index contributed by atoms with van der Waals surface area (Å²) in [5.74, 6) is 1.13. The number of methoxy groups -OCH3 is 1. The van der Waals surface area contributed by atoms with Crippen molar-refractivity contribution >= 4 is 46.3 Å². The van der Waals surface area contributed by atoms with E-state index in [2.05, 4.69) is 0 Å². The summed E-state index contributed by atoms with van der Waals surface area (Å²) in [7, 11) is 1.59. The molecule has 0 fully saturated rings. The van der Waals surface area contributed by atoms with Crippen LogP contribution < -0.4 is 10.3 Å². The standard InChI is InChI=1S/C23H16Cl2N2O2/c1-29-18-6-4-5-17(14-18)27-22(12-10-15-9-11-16(24)13-20(15)25)26-21-8-3-2-7-19(21)23(27)28/h2-14H,1H3. The number of para-hydroxylation sites is 1. The minimum absolute atomic E-state index is 0.161. The zero-order valence-corrected chi connectivity index (χ0v) is 17.0. The molecule has 144 valence electrons. The number of rotatable bonds is 4. The second-order valence-electron chi connectivity index (χ2n) is 6.33. The quantitative estimate of drug-likeness (QED) is 0.412. The number of halogens is 2. The van der Waals surface area contributed by atoms with Crippen LogP contribution in [0.5, 0.6) is 5.75 Å². The van der Waals surface area contributed by atoms with E-state index in [1.807, 2.05) is 48.5 Å². The summed E-state index contributed by atoms with van der Waals surface area (Å²) in [6.07, 6.45) is 3.58. The second kappa shape index (κ2) is 8.11. The number of hydrogen-bond acceptors (Lipinski definition) is 3. The predicted molar refractivity (Wildman–Crippen MR) is 119 cm³/mol. The molecule has 0 amide bonds. The highest BCUT2D eigenvalue weighted by Gasteiger charge is 2.12. The van der Waals surface area contributed by atoms with Crippen molar-refractivity contribution in [2.24, 2.45) is 0 Å². The lowest BCUT2D eigenvalue weighted by molar-refractivity contribution is 0.414. The van der Waals surface area contributed by atoms with Crippen molar-refractivity contribution < 1.29 is 4.74 Å². The highest BCUT2D eigenvalue weighted by Crippen LogP contribution is 2.24. The van der Waals surface area contributed by atoms with Gasteiger partial charge >= 0.3 is 0 Å². The van der Waals surface area contributed by atoms with Gasteiger partial charge in [-0.3, -0.25) is 9.36 Å². The summed E-state index contributed by atoms with van der Waals surface area (Å²) in [6, 6.07) is 19.8. The molecule has 0 radical (unpaired) electrons. The van der Waals surface area contributed by atoms with Crippen LogP contribution in [0.25, 0.3) is 28.7 Å². The van der Waals surface area contributed by atoms with Gasteiger partial charge in [-0.2, -0.15) is 0 Å². The summed E-state index contributed by atoms with van der Waals surface area (Å²) in [4.78, 5) is 18.0.